The molecule has 0 saturated heterocycles. The van der Waals surface area contributed by atoms with Gasteiger partial charge in [-0.25, -0.2) is 4.79 Å². The molecule has 0 amide bonds. The van der Waals surface area contributed by atoms with Gasteiger partial charge in [0.05, 0.1) is 15.9 Å². The summed E-state index contributed by atoms with van der Waals surface area (Å²) in [4.78, 5) is 29.4. The zero-order valence-corrected chi connectivity index (χ0v) is 7.11. The Kier molecular flexibility index (Phi) is 2.61. The predicted molar refractivity (Wildman–Crippen MR) is 46.7 cm³/mol. The summed E-state index contributed by atoms with van der Waals surface area (Å²) >= 11 is 0. The number of nitrogens with zero attached hydrogens (tertiary/aromatic N) is 2. The maximum Gasteiger partial charge on any atom is 0.342 e. The summed E-state index contributed by atoms with van der Waals surface area (Å²) in [6, 6.07) is 2.35. The van der Waals surface area contributed by atoms with E-state index in [0.29, 0.717) is 6.07 Å². The van der Waals surface area contributed by atoms with Gasteiger partial charge in [-0.2, -0.15) is 0 Å². The molecule has 8 nitrogen and oxygen atoms in total. The Bertz CT molecular complexity index is 455. The Morgan fingerprint density at radius 1 is 1.20 bits per heavy atom. The Balaban J connectivity index is 3.40. The number of hydrogen-bond donors (Lipinski definition) is 1. The number of hydrogen-bond acceptors (Lipinski definition) is 5. The highest BCUT2D eigenvalue weighted by Gasteiger charge is 2.23. The van der Waals surface area contributed by atoms with E-state index in [2.05, 4.69) is 0 Å². The molecule has 0 radical (unpaired) electrons. The monoisotopic (exact) mass is 214 g/mol. The van der Waals surface area contributed by atoms with Gasteiger partial charge in [0, 0.05) is 6.07 Å². The fourth-order valence-corrected chi connectivity index (χ4v) is 0.965. The van der Waals surface area contributed by atoms with Gasteiger partial charge in [-0.3, -0.25) is 20.2 Å². The van der Waals surface area contributed by atoms with Crippen LogP contribution in [0, 0.1) is 20.2 Å². The maximum atomic E-state index is 10.5. The second kappa shape index (κ2) is 3.70. The number of benzene rings is 1. The summed E-state index contributed by atoms with van der Waals surface area (Å²) in [6.07, 6.45) is 0. The smallest absolute Gasteiger partial charge is 0.342 e. The Hall–Kier alpha value is -2.51. The molecule has 0 bridgehead atoms. The molecular formula is C7H4N2O6. The van der Waals surface area contributed by atoms with Gasteiger partial charge in [0.25, 0.3) is 11.4 Å². The van der Waals surface area contributed by atoms with Crippen LogP contribution in [0.15, 0.2) is 18.2 Å². The molecule has 0 aromatic heterocycles. The van der Waals surface area contributed by atoms with Crippen LogP contribution in [0.5, 0.6) is 0 Å². The zero-order chi connectivity index (χ0) is 11.6. The molecule has 0 atom stereocenters. The van der Waals surface area contributed by atoms with Crippen molar-refractivity contribution in [2.75, 3.05) is 0 Å². The topological polar surface area (TPSA) is 124 Å². The van der Waals surface area contributed by atoms with Crippen molar-refractivity contribution < 1.29 is 19.7 Å². The third kappa shape index (κ3) is 2.05. The van der Waals surface area contributed by atoms with Crippen LogP contribution >= 0.6 is 0 Å². The minimum Gasteiger partial charge on any atom is -0.477 e. The average molecular weight is 214 g/mol. The number of nitro benzene ring substituents is 2. The predicted octanol–water partition coefficient (Wildman–Crippen LogP) is 1.20. The van der Waals surface area contributed by atoms with Crippen LogP contribution in [0.4, 0.5) is 11.4 Å². The second-order valence-corrected chi connectivity index (χ2v) is 2.52. The van der Waals surface area contributed by atoms with Crippen LogP contribution in [0.25, 0.3) is 0 Å². The largest absolute Gasteiger partial charge is 0.477 e. The lowest BCUT2D eigenvalue weighted by Gasteiger charge is -1.97. The third-order valence-corrected chi connectivity index (χ3v) is 1.62. The molecule has 0 spiro atoms. The van der Waals surface area contributed by atoms with E-state index in [0.717, 1.165) is 12.1 Å². The van der Waals surface area contributed by atoms with E-state index in [1.807, 2.05) is 0 Å². The molecule has 0 unspecified atom stereocenters. The summed E-state index contributed by atoms with van der Waals surface area (Å²) in [6.45, 7) is 0. The molecule has 0 aliphatic rings. The first kappa shape index (κ1) is 10.6. The molecule has 1 aromatic carbocycles. The van der Waals surface area contributed by atoms with Crippen molar-refractivity contribution in [1.82, 2.24) is 0 Å². The zero-order valence-electron chi connectivity index (χ0n) is 7.11. The number of carboxylic acid groups (broad SMARTS) is 1. The lowest BCUT2D eigenvalue weighted by molar-refractivity contribution is -0.394. The van der Waals surface area contributed by atoms with Gasteiger partial charge in [-0.15, -0.1) is 0 Å². The summed E-state index contributed by atoms with van der Waals surface area (Å²) < 4.78 is 0. The van der Waals surface area contributed by atoms with Gasteiger partial charge in [0.2, 0.25) is 0 Å². The van der Waals surface area contributed by atoms with Gasteiger partial charge >= 0.3 is 5.97 Å². The number of rotatable bonds is 3. The van der Waals surface area contributed by atoms with Crippen LogP contribution in [0.3, 0.4) is 0 Å². The number of carboxylic acids is 1. The standard InChI is InChI=1S/C7H4N2O6/c10-7(11)5-2-1-4(8(12)13)3-6(5)9(14)15/h1-3H,(H,10,11)/i7+2. The van der Waals surface area contributed by atoms with Crippen molar-refractivity contribution in [2.45, 2.75) is 0 Å². The molecule has 0 aliphatic carbocycles. The van der Waals surface area contributed by atoms with Gasteiger partial charge in [-0.1, -0.05) is 0 Å². The average Bonchev–Trinajstić information content (AvgIpc) is 2.16. The van der Waals surface area contributed by atoms with E-state index < -0.39 is 32.8 Å². The van der Waals surface area contributed by atoms with E-state index in [1.165, 1.54) is 0 Å². The molecule has 0 aliphatic heterocycles. The second-order valence-electron chi connectivity index (χ2n) is 2.52. The van der Waals surface area contributed by atoms with Gasteiger partial charge in [-0.05, 0) is 6.07 Å². The van der Waals surface area contributed by atoms with Crippen LogP contribution in [-0.4, -0.2) is 20.9 Å². The number of aromatic carboxylic acids is 1. The minimum atomic E-state index is -1.50. The first-order chi connectivity index (χ1) is 6.93. The number of nitro groups is 2. The third-order valence-electron chi connectivity index (χ3n) is 1.62. The fourth-order valence-electron chi connectivity index (χ4n) is 0.965. The molecule has 0 saturated carbocycles. The Morgan fingerprint density at radius 3 is 2.20 bits per heavy atom. The molecule has 1 N–H and O–H groups in total. The highest BCUT2D eigenvalue weighted by molar-refractivity contribution is 5.92. The lowest BCUT2D eigenvalue weighted by Crippen LogP contribution is -2.03. The molecule has 1 aromatic rings. The summed E-state index contributed by atoms with van der Waals surface area (Å²) in [5.41, 5.74) is -1.89. The van der Waals surface area contributed by atoms with E-state index >= 15 is 0 Å². The Morgan fingerprint density at radius 2 is 1.80 bits per heavy atom. The molecule has 0 fully saturated rings. The van der Waals surface area contributed by atoms with Crippen molar-refractivity contribution in [1.29, 1.82) is 0 Å². The normalized spacial score (nSPS) is 9.60. The SMILES string of the molecule is O=[14C](O)c1ccc([N+](=O)[O-])cc1[N+](=O)[O-]. The minimum absolute atomic E-state index is 0.522. The van der Waals surface area contributed by atoms with Crippen molar-refractivity contribution in [3.05, 3.63) is 44.0 Å². The van der Waals surface area contributed by atoms with Gasteiger partial charge < -0.3 is 5.11 Å². The maximum absolute atomic E-state index is 10.5. The summed E-state index contributed by atoms with van der Waals surface area (Å²) in [5, 5.41) is 29.3. The van der Waals surface area contributed by atoms with Crippen molar-refractivity contribution in [3.63, 3.8) is 0 Å². The summed E-state index contributed by atoms with van der Waals surface area (Å²) in [5.74, 6) is -1.50. The molecule has 78 valence electrons. The first-order valence-electron chi connectivity index (χ1n) is 3.59. The highest BCUT2D eigenvalue weighted by atomic mass is 16.6. The van der Waals surface area contributed by atoms with E-state index in [9.17, 15) is 25.0 Å². The Labute approximate surface area is 82.1 Å². The number of non-ortho nitro benzene ring substituents is 1. The van der Waals surface area contributed by atoms with Crippen molar-refractivity contribution in [3.8, 4) is 0 Å². The van der Waals surface area contributed by atoms with Crippen molar-refractivity contribution >= 4 is 17.3 Å². The van der Waals surface area contributed by atoms with E-state index in [4.69, 9.17) is 5.11 Å². The van der Waals surface area contributed by atoms with Gasteiger partial charge in [0.1, 0.15) is 5.56 Å². The van der Waals surface area contributed by atoms with Crippen LogP contribution in [0.2, 0.25) is 0 Å². The molecule has 8 heteroatoms. The lowest BCUT2D eigenvalue weighted by atomic mass is 10.2. The molecule has 1 rings (SSSR count). The van der Waals surface area contributed by atoms with Crippen LogP contribution < -0.4 is 0 Å². The summed E-state index contributed by atoms with van der Waals surface area (Å²) in [7, 11) is 0. The number of carbonyl (C=O) groups is 1. The van der Waals surface area contributed by atoms with Crippen LogP contribution in [0.1, 0.15) is 10.4 Å². The fraction of sp³-hybridized carbons (Fsp3) is 0. The quantitative estimate of drug-likeness (QED) is 0.595. The molecular weight excluding hydrogens is 210 g/mol. The first-order valence-corrected chi connectivity index (χ1v) is 3.59. The van der Waals surface area contributed by atoms with Crippen LogP contribution in [-0.2, 0) is 0 Å². The highest BCUT2D eigenvalue weighted by Crippen LogP contribution is 2.24. The molecule has 0 heterocycles. The molecule has 15 heavy (non-hydrogen) atoms. The van der Waals surface area contributed by atoms with Gasteiger partial charge in [0.15, 0.2) is 0 Å². The van der Waals surface area contributed by atoms with E-state index in [1.54, 1.807) is 0 Å². The van der Waals surface area contributed by atoms with Crippen molar-refractivity contribution in [2.24, 2.45) is 0 Å². The van der Waals surface area contributed by atoms with E-state index in [-0.39, 0.29) is 0 Å².